The first-order valence-corrected chi connectivity index (χ1v) is 6.89. The van der Waals surface area contributed by atoms with Crippen molar-refractivity contribution in [1.82, 2.24) is 9.66 Å². The first-order chi connectivity index (χ1) is 9.42. The number of hydrogen-bond acceptors (Lipinski definition) is 3. The third-order valence-corrected chi connectivity index (χ3v) is 3.74. The van der Waals surface area contributed by atoms with E-state index in [9.17, 15) is 0 Å². The maximum Gasteiger partial charge on any atom is 0.221 e. The number of aromatic nitrogens is 2. The summed E-state index contributed by atoms with van der Waals surface area (Å²) in [5.74, 6) is 0.405. The maximum atomic E-state index is 5.74. The van der Waals surface area contributed by atoms with Crippen molar-refractivity contribution in [2.24, 2.45) is 5.10 Å². The Kier molecular flexibility index (Phi) is 3.93. The van der Waals surface area contributed by atoms with Crippen molar-refractivity contribution in [3.05, 3.63) is 47.3 Å². The van der Waals surface area contributed by atoms with Crippen LogP contribution in [0.5, 0.6) is 0 Å². The van der Waals surface area contributed by atoms with E-state index >= 15 is 0 Å². The summed E-state index contributed by atoms with van der Waals surface area (Å²) < 4.78 is 1.58. The lowest BCUT2D eigenvalue weighted by atomic mass is 9.82. The Labute approximate surface area is 120 Å². The molecule has 0 radical (unpaired) electrons. The second kappa shape index (κ2) is 5.49. The summed E-state index contributed by atoms with van der Waals surface area (Å²) in [6.45, 7) is 8.61. The summed E-state index contributed by atoms with van der Waals surface area (Å²) in [5, 5.41) is 4.31. The van der Waals surface area contributed by atoms with E-state index in [4.69, 9.17) is 5.73 Å². The van der Waals surface area contributed by atoms with Gasteiger partial charge < -0.3 is 5.73 Å². The van der Waals surface area contributed by atoms with E-state index in [1.54, 1.807) is 17.1 Å². The van der Waals surface area contributed by atoms with E-state index in [-0.39, 0.29) is 5.41 Å². The van der Waals surface area contributed by atoms with Crippen LogP contribution in [0.25, 0.3) is 0 Å². The van der Waals surface area contributed by atoms with Gasteiger partial charge >= 0.3 is 0 Å². The summed E-state index contributed by atoms with van der Waals surface area (Å²) in [6.07, 6.45) is 4.71. The minimum Gasteiger partial charge on any atom is -0.368 e. The van der Waals surface area contributed by atoms with Crippen molar-refractivity contribution in [3.63, 3.8) is 0 Å². The number of aryl methyl sites for hydroxylation is 1. The van der Waals surface area contributed by atoms with Crippen LogP contribution in [0.1, 0.15) is 44.0 Å². The zero-order valence-electron chi connectivity index (χ0n) is 12.6. The molecule has 106 valence electrons. The number of nitrogen functional groups attached to an aromatic ring is 1. The molecular weight excluding hydrogens is 248 g/mol. The SMILES string of the molecule is CCC(C)(C)c1ccc(C=Nn2cc(C)nc2N)cc1. The molecule has 0 fully saturated rings. The molecule has 0 bridgehead atoms. The van der Waals surface area contributed by atoms with Crippen molar-refractivity contribution >= 4 is 12.2 Å². The number of nitrogens with zero attached hydrogens (tertiary/aromatic N) is 3. The first-order valence-electron chi connectivity index (χ1n) is 6.89. The highest BCUT2D eigenvalue weighted by Gasteiger charge is 2.17. The van der Waals surface area contributed by atoms with Crippen LogP contribution in [-0.4, -0.2) is 15.9 Å². The van der Waals surface area contributed by atoms with Crippen molar-refractivity contribution < 1.29 is 0 Å². The van der Waals surface area contributed by atoms with E-state index in [0.717, 1.165) is 17.7 Å². The summed E-state index contributed by atoms with van der Waals surface area (Å²) in [6, 6.07) is 8.48. The van der Waals surface area contributed by atoms with Crippen molar-refractivity contribution in [3.8, 4) is 0 Å². The van der Waals surface area contributed by atoms with Gasteiger partial charge in [-0.25, -0.2) is 9.66 Å². The molecule has 2 N–H and O–H groups in total. The predicted molar refractivity (Wildman–Crippen MR) is 84.1 cm³/mol. The Bertz CT molecular complexity index is 606. The van der Waals surface area contributed by atoms with Crippen LogP contribution in [0.15, 0.2) is 35.6 Å². The van der Waals surface area contributed by atoms with Crippen LogP contribution in [0.4, 0.5) is 5.95 Å². The van der Waals surface area contributed by atoms with Crippen LogP contribution in [0.2, 0.25) is 0 Å². The third kappa shape index (κ3) is 3.07. The average molecular weight is 270 g/mol. The van der Waals surface area contributed by atoms with Gasteiger partial charge in [-0.2, -0.15) is 5.10 Å². The maximum absolute atomic E-state index is 5.74. The second-order valence-electron chi connectivity index (χ2n) is 5.69. The summed E-state index contributed by atoms with van der Waals surface area (Å²) in [4.78, 5) is 4.11. The van der Waals surface area contributed by atoms with Gasteiger partial charge in [-0.3, -0.25) is 0 Å². The Morgan fingerprint density at radius 3 is 2.45 bits per heavy atom. The minimum atomic E-state index is 0.210. The highest BCUT2D eigenvalue weighted by atomic mass is 15.4. The molecular formula is C16H22N4. The first kappa shape index (κ1) is 14.3. The smallest absolute Gasteiger partial charge is 0.221 e. The molecule has 0 aliphatic heterocycles. The quantitative estimate of drug-likeness (QED) is 0.866. The molecule has 4 nitrogen and oxygen atoms in total. The number of imidazole rings is 1. The number of nitrogens with two attached hydrogens (primary N) is 1. The highest BCUT2D eigenvalue weighted by Crippen LogP contribution is 2.26. The van der Waals surface area contributed by atoms with Gasteiger partial charge in [0.2, 0.25) is 5.95 Å². The fourth-order valence-electron chi connectivity index (χ4n) is 1.95. The van der Waals surface area contributed by atoms with E-state index in [1.165, 1.54) is 5.56 Å². The lowest BCUT2D eigenvalue weighted by molar-refractivity contribution is 0.506. The largest absolute Gasteiger partial charge is 0.368 e. The van der Waals surface area contributed by atoms with Gasteiger partial charge in [0, 0.05) is 0 Å². The molecule has 0 aliphatic carbocycles. The fourth-order valence-corrected chi connectivity index (χ4v) is 1.95. The topological polar surface area (TPSA) is 56.2 Å². The molecule has 0 unspecified atom stereocenters. The predicted octanol–water partition coefficient (Wildman–Crippen LogP) is 3.34. The van der Waals surface area contributed by atoms with Crippen LogP contribution < -0.4 is 5.73 Å². The summed E-state index contributed by atoms with van der Waals surface area (Å²) >= 11 is 0. The standard InChI is InChI=1S/C16H22N4/c1-5-16(3,4)14-8-6-13(7-9-14)10-18-20-11-12(2)19-15(20)17/h6-11H,5H2,1-4H3,(H2,17,19). The van der Waals surface area contributed by atoms with E-state index in [0.29, 0.717) is 5.95 Å². The molecule has 1 aromatic carbocycles. The van der Waals surface area contributed by atoms with E-state index in [2.05, 4.69) is 55.1 Å². The Morgan fingerprint density at radius 2 is 1.95 bits per heavy atom. The minimum absolute atomic E-state index is 0.210. The number of anilines is 1. The van der Waals surface area contributed by atoms with Gasteiger partial charge in [0.1, 0.15) is 0 Å². The van der Waals surface area contributed by atoms with Crippen LogP contribution in [0.3, 0.4) is 0 Å². The van der Waals surface area contributed by atoms with Crippen molar-refractivity contribution in [1.29, 1.82) is 0 Å². The van der Waals surface area contributed by atoms with Crippen molar-refractivity contribution in [2.75, 3.05) is 5.73 Å². The summed E-state index contributed by atoms with van der Waals surface area (Å²) in [7, 11) is 0. The van der Waals surface area contributed by atoms with Gasteiger partial charge in [-0.1, -0.05) is 45.0 Å². The molecule has 2 rings (SSSR count). The normalized spacial score (nSPS) is 12.2. The van der Waals surface area contributed by atoms with Crippen LogP contribution in [-0.2, 0) is 5.41 Å². The monoisotopic (exact) mass is 270 g/mol. The molecule has 1 heterocycles. The number of rotatable bonds is 4. The molecule has 0 amide bonds. The zero-order chi connectivity index (χ0) is 14.8. The van der Waals surface area contributed by atoms with Gasteiger partial charge in [0.15, 0.2) is 0 Å². The molecule has 0 aliphatic rings. The Morgan fingerprint density at radius 1 is 1.30 bits per heavy atom. The Balaban J connectivity index is 2.17. The van der Waals surface area contributed by atoms with Gasteiger partial charge in [0.25, 0.3) is 0 Å². The highest BCUT2D eigenvalue weighted by molar-refractivity contribution is 5.79. The van der Waals surface area contributed by atoms with Gasteiger partial charge in [0.05, 0.1) is 18.1 Å². The van der Waals surface area contributed by atoms with E-state index < -0.39 is 0 Å². The lowest BCUT2D eigenvalue weighted by Gasteiger charge is -2.23. The zero-order valence-corrected chi connectivity index (χ0v) is 12.6. The van der Waals surface area contributed by atoms with Crippen LogP contribution >= 0.6 is 0 Å². The Hall–Kier alpha value is -2.10. The third-order valence-electron chi connectivity index (χ3n) is 3.74. The fraction of sp³-hybridized carbons (Fsp3) is 0.375. The summed E-state index contributed by atoms with van der Waals surface area (Å²) in [5.41, 5.74) is 9.20. The van der Waals surface area contributed by atoms with E-state index in [1.807, 2.05) is 6.92 Å². The molecule has 0 saturated heterocycles. The van der Waals surface area contributed by atoms with Crippen LogP contribution in [0, 0.1) is 6.92 Å². The van der Waals surface area contributed by atoms with Gasteiger partial charge in [-0.15, -0.1) is 0 Å². The molecule has 4 heteroatoms. The molecule has 0 spiro atoms. The second-order valence-corrected chi connectivity index (χ2v) is 5.69. The number of benzene rings is 1. The molecule has 1 aromatic heterocycles. The molecule has 0 saturated carbocycles. The average Bonchev–Trinajstić information content (AvgIpc) is 2.75. The molecule has 2 aromatic rings. The molecule has 20 heavy (non-hydrogen) atoms. The lowest BCUT2D eigenvalue weighted by Crippen LogP contribution is -2.15. The molecule has 0 atom stereocenters. The number of hydrogen-bond donors (Lipinski definition) is 1. The van der Waals surface area contributed by atoms with Crippen molar-refractivity contribution in [2.45, 2.75) is 39.5 Å². The van der Waals surface area contributed by atoms with Gasteiger partial charge in [-0.05, 0) is 29.9 Å².